The molecule has 0 heterocycles. The van der Waals surface area contributed by atoms with Crippen LogP contribution in [-0.4, -0.2) is 17.6 Å². The van der Waals surface area contributed by atoms with Gasteiger partial charge in [-0.15, -0.1) is 0 Å². The maximum absolute atomic E-state index is 12.5. The minimum absolute atomic E-state index is 0.206. The summed E-state index contributed by atoms with van der Waals surface area (Å²) in [4.78, 5) is 20.8. The molecule has 0 aromatic rings. The van der Waals surface area contributed by atoms with E-state index in [0.717, 1.165) is 0 Å². The molecule has 0 bridgehead atoms. The molecule has 0 aliphatic heterocycles. The molecule has 2 N–H and O–H groups in total. The van der Waals surface area contributed by atoms with Crippen molar-refractivity contribution < 1.29 is 18.4 Å². The summed E-state index contributed by atoms with van der Waals surface area (Å²) in [7, 11) is 0. The predicted octanol–water partition coefficient (Wildman–Crippen LogP) is 0.722. The summed E-state index contributed by atoms with van der Waals surface area (Å²) in [5.74, 6) is -7.51. The van der Waals surface area contributed by atoms with Crippen molar-refractivity contribution in [3.63, 3.8) is 0 Å². The third-order valence-corrected chi connectivity index (χ3v) is 1.25. The van der Waals surface area contributed by atoms with Crippen LogP contribution in [0.3, 0.4) is 0 Å². The number of carbonyl (C=O) groups is 2. The van der Waals surface area contributed by atoms with Crippen LogP contribution in [-0.2, 0) is 9.59 Å². The average molecular weight is 179 g/mol. The highest BCUT2D eigenvalue weighted by atomic mass is 19.3. The second-order valence-corrected chi connectivity index (χ2v) is 2.96. The second kappa shape index (κ2) is 3.60. The van der Waals surface area contributed by atoms with Crippen molar-refractivity contribution in [3.05, 3.63) is 0 Å². The first kappa shape index (κ1) is 11.0. The van der Waals surface area contributed by atoms with E-state index >= 15 is 0 Å². The number of nitrogens with two attached hydrogens (primary N) is 1. The Morgan fingerprint density at radius 2 is 1.83 bits per heavy atom. The lowest BCUT2D eigenvalue weighted by Gasteiger charge is -2.11. The van der Waals surface area contributed by atoms with Crippen molar-refractivity contribution in [2.75, 3.05) is 0 Å². The number of halogens is 2. The van der Waals surface area contributed by atoms with E-state index < -0.39 is 17.6 Å². The number of rotatable bonds is 4. The van der Waals surface area contributed by atoms with E-state index in [4.69, 9.17) is 0 Å². The van der Waals surface area contributed by atoms with E-state index in [1.54, 1.807) is 13.8 Å². The third kappa shape index (κ3) is 2.56. The van der Waals surface area contributed by atoms with Gasteiger partial charge in [0.2, 0.25) is 5.78 Å². The van der Waals surface area contributed by atoms with Crippen LogP contribution >= 0.6 is 0 Å². The van der Waals surface area contributed by atoms with Crippen LogP contribution in [0.1, 0.15) is 20.3 Å². The molecule has 0 spiro atoms. The number of amides is 1. The molecule has 12 heavy (non-hydrogen) atoms. The van der Waals surface area contributed by atoms with Gasteiger partial charge in [0.1, 0.15) is 0 Å². The highest BCUT2D eigenvalue weighted by Gasteiger charge is 2.44. The molecule has 0 aromatic carbocycles. The van der Waals surface area contributed by atoms with Gasteiger partial charge in [0.15, 0.2) is 0 Å². The fourth-order valence-electron chi connectivity index (χ4n) is 0.636. The zero-order chi connectivity index (χ0) is 9.94. The van der Waals surface area contributed by atoms with E-state index in [1.807, 2.05) is 0 Å². The van der Waals surface area contributed by atoms with E-state index in [9.17, 15) is 18.4 Å². The molecular formula is C7H11F2NO2. The van der Waals surface area contributed by atoms with Crippen LogP contribution in [0.5, 0.6) is 0 Å². The molecule has 5 heteroatoms. The standard InChI is InChI=1S/C7H11F2NO2/c1-4(2)3-5(11)7(8,9)6(10)12/h4H,3H2,1-2H3,(H2,10,12). The van der Waals surface area contributed by atoms with Gasteiger partial charge in [0, 0.05) is 6.42 Å². The molecule has 0 unspecified atom stereocenters. The maximum Gasteiger partial charge on any atom is 0.381 e. The number of hydrogen-bond acceptors (Lipinski definition) is 2. The Balaban J connectivity index is 4.36. The molecule has 1 amide bonds. The first-order valence-electron chi connectivity index (χ1n) is 3.49. The number of alkyl halides is 2. The Kier molecular flexibility index (Phi) is 3.30. The monoisotopic (exact) mass is 179 g/mol. The van der Waals surface area contributed by atoms with Crippen molar-refractivity contribution in [2.45, 2.75) is 26.2 Å². The Morgan fingerprint density at radius 1 is 1.42 bits per heavy atom. The van der Waals surface area contributed by atoms with Gasteiger partial charge >= 0.3 is 5.92 Å². The van der Waals surface area contributed by atoms with Crippen LogP contribution in [0.2, 0.25) is 0 Å². The van der Waals surface area contributed by atoms with Crippen molar-refractivity contribution >= 4 is 11.7 Å². The van der Waals surface area contributed by atoms with Crippen molar-refractivity contribution in [2.24, 2.45) is 11.7 Å². The van der Waals surface area contributed by atoms with Gasteiger partial charge in [0.05, 0.1) is 0 Å². The van der Waals surface area contributed by atoms with Gasteiger partial charge < -0.3 is 5.73 Å². The first-order chi connectivity index (χ1) is 5.28. The van der Waals surface area contributed by atoms with Gasteiger partial charge in [-0.2, -0.15) is 8.78 Å². The maximum atomic E-state index is 12.5. The lowest BCUT2D eigenvalue weighted by atomic mass is 10.0. The zero-order valence-electron chi connectivity index (χ0n) is 6.93. The Labute approximate surface area is 68.9 Å². The average Bonchev–Trinajstić information content (AvgIpc) is 1.85. The van der Waals surface area contributed by atoms with Crippen molar-refractivity contribution in [1.82, 2.24) is 0 Å². The smallest absolute Gasteiger partial charge is 0.364 e. The number of hydrogen-bond donors (Lipinski definition) is 1. The van der Waals surface area contributed by atoms with Crippen LogP contribution in [0.25, 0.3) is 0 Å². The fraction of sp³-hybridized carbons (Fsp3) is 0.714. The van der Waals surface area contributed by atoms with Gasteiger partial charge in [0.25, 0.3) is 5.91 Å². The van der Waals surface area contributed by atoms with E-state index in [2.05, 4.69) is 5.73 Å². The summed E-state index contributed by atoms with van der Waals surface area (Å²) in [6.45, 7) is 3.21. The highest BCUT2D eigenvalue weighted by Crippen LogP contribution is 2.18. The number of carbonyl (C=O) groups excluding carboxylic acids is 2. The van der Waals surface area contributed by atoms with Gasteiger partial charge in [-0.1, -0.05) is 13.8 Å². The molecule has 0 atom stereocenters. The summed E-state index contributed by atoms with van der Waals surface area (Å²) < 4.78 is 25.0. The molecule has 0 fully saturated rings. The quantitative estimate of drug-likeness (QED) is 0.646. The summed E-state index contributed by atoms with van der Waals surface area (Å²) in [6, 6.07) is 0. The fourth-order valence-corrected chi connectivity index (χ4v) is 0.636. The molecule has 0 saturated heterocycles. The molecule has 70 valence electrons. The topological polar surface area (TPSA) is 60.2 Å². The van der Waals surface area contributed by atoms with Crippen LogP contribution < -0.4 is 5.73 Å². The van der Waals surface area contributed by atoms with Crippen molar-refractivity contribution in [3.8, 4) is 0 Å². The van der Waals surface area contributed by atoms with Crippen LogP contribution in [0.4, 0.5) is 8.78 Å². The Bertz CT molecular complexity index is 202. The zero-order valence-corrected chi connectivity index (χ0v) is 6.93. The number of primary amides is 1. The minimum Gasteiger partial charge on any atom is -0.364 e. The predicted molar refractivity (Wildman–Crippen MR) is 38.6 cm³/mol. The van der Waals surface area contributed by atoms with Gasteiger partial charge in [-0.05, 0) is 5.92 Å². The molecule has 0 radical (unpaired) electrons. The first-order valence-corrected chi connectivity index (χ1v) is 3.49. The normalized spacial score (nSPS) is 11.8. The lowest BCUT2D eigenvalue weighted by molar-refractivity contribution is -0.156. The molecule has 0 saturated carbocycles. The van der Waals surface area contributed by atoms with Gasteiger partial charge in [-0.3, -0.25) is 9.59 Å². The number of ketones is 1. The largest absolute Gasteiger partial charge is 0.381 e. The van der Waals surface area contributed by atoms with E-state index in [0.29, 0.717) is 0 Å². The van der Waals surface area contributed by atoms with Crippen LogP contribution in [0.15, 0.2) is 0 Å². The Morgan fingerprint density at radius 3 is 2.08 bits per heavy atom. The van der Waals surface area contributed by atoms with Crippen molar-refractivity contribution in [1.29, 1.82) is 0 Å². The number of Topliss-reactive ketones (excluding diaryl/α,β-unsaturated/α-hetero) is 1. The summed E-state index contributed by atoms with van der Waals surface area (Å²) in [5, 5.41) is 0. The summed E-state index contributed by atoms with van der Waals surface area (Å²) in [6.07, 6.45) is -0.337. The SMILES string of the molecule is CC(C)CC(=O)C(F)(F)C(N)=O. The minimum atomic E-state index is -4.01. The lowest BCUT2D eigenvalue weighted by Crippen LogP contribution is -2.43. The molecule has 3 nitrogen and oxygen atoms in total. The highest BCUT2D eigenvalue weighted by molar-refractivity contribution is 6.06. The third-order valence-electron chi connectivity index (χ3n) is 1.25. The molecule has 0 aliphatic rings. The molecule has 0 aliphatic carbocycles. The molecule has 0 aromatic heterocycles. The molecular weight excluding hydrogens is 168 g/mol. The van der Waals surface area contributed by atoms with Crippen LogP contribution in [0, 0.1) is 5.92 Å². The second-order valence-electron chi connectivity index (χ2n) is 2.96. The van der Waals surface area contributed by atoms with E-state index in [1.165, 1.54) is 0 Å². The van der Waals surface area contributed by atoms with E-state index in [-0.39, 0.29) is 12.3 Å². The molecule has 0 rings (SSSR count). The summed E-state index contributed by atoms with van der Waals surface area (Å²) >= 11 is 0. The Hall–Kier alpha value is -1.00. The van der Waals surface area contributed by atoms with Gasteiger partial charge in [-0.25, -0.2) is 0 Å². The summed E-state index contributed by atoms with van der Waals surface area (Å²) in [5.41, 5.74) is 4.34.